The number of nitrogens with zero attached hydrogens (tertiary/aromatic N) is 3. The molecule has 0 spiro atoms. The van der Waals surface area contributed by atoms with E-state index in [0.717, 1.165) is 28.1 Å². The minimum Gasteiger partial charge on any atom is -0.486 e. The highest BCUT2D eigenvalue weighted by molar-refractivity contribution is 5.96. The van der Waals surface area contributed by atoms with Crippen LogP contribution in [-0.2, 0) is 9.53 Å². The number of rotatable bonds is 4. The minimum absolute atomic E-state index is 0.162. The molecule has 1 saturated heterocycles. The second-order valence-electron chi connectivity index (χ2n) is 7.55. The first-order valence-electron chi connectivity index (χ1n) is 9.95. The van der Waals surface area contributed by atoms with Gasteiger partial charge in [-0.2, -0.15) is 0 Å². The van der Waals surface area contributed by atoms with E-state index in [4.69, 9.17) is 4.74 Å². The summed E-state index contributed by atoms with van der Waals surface area (Å²) >= 11 is 0. The Labute approximate surface area is 175 Å². The lowest BCUT2D eigenvalue weighted by Gasteiger charge is -2.34. The van der Waals surface area contributed by atoms with E-state index >= 15 is 0 Å². The summed E-state index contributed by atoms with van der Waals surface area (Å²) in [5.41, 5.74) is 4.86. The molecule has 3 aromatic rings. The van der Waals surface area contributed by atoms with E-state index in [1.165, 1.54) is 12.1 Å². The molecule has 1 atom stereocenters. The molecule has 1 aromatic heterocycles. The first kappa shape index (κ1) is 19.9. The second-order valence-corrected chi connectivity index (χ2v) is 7.55. The molecule has 0 aliphatic carbocycles. The smallest absolute Gasteiger partial charge is 0.289 e. The Kier molecular flexibility index (Phi) is 5.40. The Balaban J connectivity index is 1.56. The normalized spacial score (nSPS) is 16.6. The van der Waals surface area contributed by atoms with Crippen molar-refractivity contribution in [3.63, 3.8) is 0 Å². The summed E-state index contributed by atoms with van der Waals surface area (Å²) in [7, 11) is 0. The summed E-state index contributed by atoms with van der Waals surface area (Å²) < 4.78 is 20.9. The molecule has 0 unspecified atom stereocenters. The minimum atomic E-state index is -0.287. The quantitative estimate of drug-likeness (QED) is 0.597. The Bertz CT molecular complexity index is 1100. The summed E-state index contributed by atoms with van der Waals surface area (Å²) in [5, 5.41) is 0. The number of amides is 1. The Morgan fingerprint density at radius 3 is 2.60 bits per heavy atom. The zero-order valence-electron chi connectivity index (χ0n) is 17.3. The predicted molar refractivity (Wildman–Crippen MR) is 113 cm³/mol. The third-order valence-electron chi connectivity index (χ3n) is 5.39. The molecule has 1 aliphatic rings. The van der Waals surface area contributed by atoms with Crippen LogP contribution < -0.4 is 0 Å². The van der Waals surface area contributed by atoms with Gasteiger partial charge in [-0.3, -0.25) is 4.79 Å². The fourth-order valence-electron chi connectivity index (χ4n) is 3.72. The molecule has 0 radical (unpaired) electrons. The molecule has 6 heteroatoms. The van der Waals surface area contributed by atoms with Gasteiger partial charge in [-0.1, -0.05) is 18.2 Å². The maximum absolute atomic E-state index is 13.2. The molecular weight excluding hydrogens is 381 g/mol. The SMILES string of the molecule is Cc1cn(-c2ccc(/C=C3\OCCN([C@@H](C)c4ccc(F)cc4)C3=O)cc2C)cn1. The van der Waals surface area contributed by atoms with Gasteiger partial charge in [-0.25, -0.2) is 9.37 Å². The second kappa shape index (κ2) is 8.14. The van der Waals surface area contributed by atoms with Gasteiger partial charge in [0.1, 0.15) is 12.4 Å². The lowest BCUT2D eigenvalue weighted by Crippen LogP contribution is -2.41. The lowest BCUT2D eigenvalue weighted by atomic mass is 10.1. The molecule has 0 N–H and O–H groups in total. The molecule has 0 bridgehead atoms. The van der Waals surface area contributed by atoms with Gasteiger partial charge in [0.15, 0.2) is 5.76 Å². The van der Waals surface area contributed by atoms with Crippen molar-refractivity contribution in [1.82, 2.24) is 14.5 Å². The number of aromatic nitrogens is 2. The Hall–Kier alpha value is -3.41. The summed E-state index contributed by atoms with van der Waals surface area (Å²) in [4.78, 5) is 19.1. The fraction of sp³-hybridized carbons (Fsp3) is 0.250. The van der Waals surface area contributed by atoms with Crippen molar-refractivity contribution >= 4 is 12.0 Å². The molecule has 2 aromatic carbocycles. The maximum Gasteiger partial charge on any atom is 0.289 e. The average Bonchev–Trinajstić information content (AvgIpc) is 3.16. The number of ether oxygens (including phenoxy) is 1. The van der Waals surface area contributed by atoms with Crippen molar-refractivity contribution in [3.05, 3.63) is 88.9 Å². The Morgan fingerprint density at radius 2 is 1.93 bits per heavy atom. The molecule has 5 nitrogen and oxygen atoms in total. The van der Waals surface area contributed by atoms with Crippen LogP contribution in [-0.4, -0.2) is 33.5 Å². The number of hydrogen-bond donors (Lipinski definition) is 0. The van der Waals surface area contributed by atoms with Crippen LogP contribution in [0.5, 0.6) is 0 Å². The van der Waals surface area contributed by atoms with E-state index < -0.39 is 0 Å². The largest absolute Gasteiger partial charge is 0.486 e. The fourth-order valence-corrected chi connectivity index (χ4v) is 3.72. The monoisotopic (exact) mass is 405 g/mol. The van der Waals surface area contributed by atoms with E-state index in [2.05, 4.69) is 4.98 Å². The van der Waals surface area contributed by atoms with Gasteiger partial charge >= 0.3 is 0 Å². The van der Waals surface area contributed by atoms with Crippen LogP contribution in [0.2, 0.25) is 0 Å². The third-order valence-corrected chi connectivity index (χ3v) is 5.39. The van der Waals surface area contributed by atoms with Gasteiger partial charge in [0, 0.05) is 11.9 Å². The molecule has 1 aliphatic heterocycles. The van der Waals surface area contributed by atoms with E-state index in [-0.39, 0.29) is 17.8 Å². The van der Waals surface area contributed by atoms with Crippen LogP contribution in [0.3, 0.4) is 0 Å². The molecule has 4 rings (SSSR count). The standard InChI is InChI=1S/C24H24FN3O2/c1-16-12-19(4-9-22(16)27-14-17(2)26-15-27)13-23-24(29)28(10-11-30-23)18(3)20-5-7-21(25)8-6-20/h4-9,12-15,18H,10-11H2,1-3H3/b23-13-/t18-/m0/s1. The van der Waals surface area contributed by atoms with E-state index in [1.54, 1.807) is 29.4 Å². The summed E-state index contributed by atoms with van der Waals surface area (Å²) in [6.07, 6.45) is 5.54. The van der Waals surface area contributed by atoms with Crippen LogP contribution in [0.1, 0.15) is 35.3 Å². The van der Waals surface area contributed by atoms with E-state index in [1.807, 2.05) is 49.7 Å². The number of morpholine rings is 1. The zero-order chi connectivity index (χ0) is 21.3. The third kappa shape index (κ3) is 3.99. The van der Waals surface area contributed by atoms with Gasteiger partial charge in [-0.05, 0) is 67.8 Å². The first-order valence-corrected chi connectivity index (χ1v) is 9.95. The highest BCUT2D eigenvalue weighted by atomic mass is 19.1. The number of halogens is 1. The molecule has 30 heavy (non-hydrogen) atoms. The van der Waals surface area contributed by atoms with E-state index in [0.29, 0.717) is 18.9 Å². The van der Waals surface area contributed by atoms with Crippen molar-refractivity contribution < 1.29 is 13.9 Å². The summed E-state index contributed by atoms with van der Waals surface area (Å²) in [6, 6.07) is 12.1. The van der Waals surface area contributed by atoms with Gasteiger partial charge in [0.05, 0.1) is 24.6 Å². The van der Waals surface area contributed by atoms with Crippen molar-refractivity contribution in [1.29, 1.82) is 0 Å². The van der Waals surface area contributed by atoms with Crippen LogP contribution in [0, 0.1) is 19.7 Å². The van der Waals surface area contributed by atoms with Gasteiger partial charge in [0.25, 0.3) is 5.91 Å². The molecule has 154 valence electrons. The zero-order valence-corrected chi connectivity index (χ0v) is 17.3. The lowest BCUT2D eigenvalue weighted by molar-refractivity contribution is -0.137. The summed E-state index contributed by atoms with van der Waals surface area (Å²) in [6.45, 7) is 6.84. The summed E-state index contributed by atoms with van der Waals surface area (Å²) in [5.74, 6) is -0.129. The molecule has 0 saturated carbocycles. The first-order chi connectivity index (χ1) is 14.4. The van der Waals surface area contributed by atoms with Gasteiger partial charge < -0.3 is 14.2 Å². The number of carbonyl (C=O) groups excluding carboxylic acids is 1. The van der Waals surface area contributed by atoms with Gasteiger partial charge in [0.2, 0.25) is 0 Å². The van der Waals surface area contributed by atoms with Gasteiger partial charge in [-0.15, -0.1) is 0 Å². The van der Waals surface area contributed by atoms with E-state index in [9.17, 15) is 9.18 Å². The number of hydrogen-bond acceptors (Lipinski definition) is 3. The van der Waals surface area contributed by atoms with Crippen molar-refractivity contribution in [2.24, 2.45) is 0 Å². The maximum atomic E-state index is 13.2. The number of benzene rings is 2. The number of carbonyl (C=O) groups is 1. The van der Waals surface area contributed by atoms with Crippen LogP contribution in [0.4, 0.5) is 4.39 Å². The van der Waals surface area contributed by atoms with Crippen molar-refractivity contribution in [2.45, 2.75) is 26.8 Å². The molecular formula is C24H24FN3O2. The number of aryl methyl sites for hydroxylation is 2. The highest BCUT2D eigenvalue weighted by Crippen LogP contribution is 2.26. The van der Waals surface area contributed by atoms with Crippen molar-refractivity contribution in [2.75, 3.05) is 13.2 Å². The van der Waals surface area contributed by atoms with Crippen LogP contribution in [0.25, 0.3) is 11.8 Å². The molecule has 1 fully saturated rings. The topological polar surface area (TPSA) is 47.4 Å². The molecule has 2 heterocycles. The van der Waals surface area contributed by atoms with Crippen LogP contribution >= 0.6 is 0 Å². The predicted octanol–water partition coefficient (Wildman–Crippen LogP) is 4.59. The Morgan fingerprint density at radius 1 is 1.17 bits per heavy atom. The molecule has 1 amide bonds. The van der Waals surface area contributed by atoms with Crippen molar-refractivity contribution in [3.8, 4) is 5.69 Å². The van der Waals surface area contributed by atoms with Crippen LogP contribution in [0.15, 0.2) is 60.7 Å². The average molecular weight is 405 g/mol. The number of imidazole rings is 1. The highest BCUT2D eigenvalue weighted by Gasteiger charge is 2.29.